The van der Waals surface area contributed by atoms with Crippen molar-refractivity contribution in [3.05, 3.63) is 53.1 Å². The first-order valence-corrected chi connectivity index (χ1v) is 8.20. The highest BCUT2D eigenvalue weighted by Crippen LogP contribution is 2.16. The summed E-state index contributed by atoms with van der Waals surface area (Å²) in [6, 6.07) is 9.52. The van der Waals surface area contributed by atoms with Crippen molar-refractivity contribution in [1.29, 1.82) is 0 Å². The van der Waals surface area contributed by atoms with Gasteiger partial charge < -0.3 is 9.84 Å². The van der Waals surface area contributed by atoms with Crippen molar-refractivity contribution >= 4 is 5.91 Å². The van der Waals surface area contributed by atoms with Gasteiger partial charge in [0.1, 0.15) is 0 Å². The molecule has 0 atom stereocenters. The van der Waals surface area contributed by atoms with Crippen LogP contribution in [-0.4, -0.2) is 25.8 Å². The molecule has 0 radical (unpaired) electrons. The molecule has 0 saturated carbocycles. The third-order valence-corrected chi connectivity index (χ3v) is 4.23. The van der Waals surface area contributed by atoms with Crippen molar-refractivity contribution in [2.75, 3.05) is 0 Å². The molecule has 2 heterocycles. The molecule has 25 heavy (non-hydrogen) atoms. The number of nitrogens with zero attached hydrogens (tertiary/aromatic N) is 4. The lowest BCUT2D eigenvalue weighted by atomic mass is 10.2. The second kappa shape index (κ2) is 7.29. The van der Waals surface area contributed by atoms with Crippen LogP contribution < -0.4 is 5.32 Å². The summed E-state index contributed by atoms with van der Waals surface area (Å²) in [6.45, 7) is 6.81. The van der Waals surface area contributed by atoms with E-state index in [9.17, 15) is 4.79 Å². The summed E-state index contributed by atoms with van der Waals surface area (Å²) < 4.78 is 7.08. The van der Waals surface area contributed by atoms with Crippen LogP contribution in [0.4, 0.5) is 0 Å². The van der Waals surface area contributed by atoms with Gasteiger partial charge in [-0.2, -0.15) is 10.1 Å². The molecule has 7 heteroatoms. The van der Waals surface area contributed by atoms with E-state index in [2.05, 4.69) is 20.6 Å². The Labute approximate surface area is 146 Å². The third-order valence-electron chi connectivity index (χ3n) is 4.23. The number of rotatable bonds is 6. The zero-order valence-electron chi connectivity index (χ0n) is 14.6. The third kappa shape index (κ3) is 3.93. The Balaban J connectivity index is 1.51. The standard InChI is InChI=1S/C18H21N5O2/c1-12-13(2)21-23(14(12)3)10-9-17(24)19-11-16-20-18(25-22-16)15-7-5-4-6-8-15/h4-8H,9-11H2,1-3H3,(H,19,24). The first-order valence-electron chi connectivity index (χ1n) is 8.20. The zero-order chi connectivity index (χ0) is 17.8. The first-order chi connectivity index (χ1) is 12.0. The van der Waals surface area contributed by atoms with Gasteiger partial charge in [-0.15, -0.1) is 0 Å². The molecule has 3 rings (SSSR count). The molecule has 1 amide bonds. The van der Waals surface area contributed by atoms with Gasteiger partial charge in [0.05, 0.1) is 12.2 Å². The molecule has 3 aromatic rings. The van der Waals surface area contributed by atoms with E-state index in [1.165, 1.54) is 5.56 Å². The summed E-state index contributed by atoms with van der Waals surface area (Å²) >= 11 is 0. The van der Waals surface area contributed by atoms with Crippen LogP contribution in [0.1, 0.15) is 29.2 Å². The molecule has 130 valence electrons. The monoisotopic (exact) mass is 339 g/mol. The number of amides is 1. The number of hydrogen-bond acceptors (Lipinski definition) is 5. The Bertz CT molecular complexity index is 867. The van der Waals surface area contributed by atoms with Crippen LogP contribution in [-0.2, 0) is 17.9 Å². The van der Waals surface area contributed by atoms with Crippen LogP contribution in [0.15, 0.2) is 34.9 Å². The predicted octanol–water partition coefficient (Wildman–Crippen LogP) is 2.56. The molecule has 0 unspecified atom stereocenters. The van der Waals surface area contributed by atoms with Crippen LogP contribution in [0.3, 0.4) is 0 Å². The Morgan fingerprint density at radius 2 is 1.96 bits per heavy atom. The van der Waals surface area contributed by atoms with Crippen LogP contribution in [0.2, 0.25) is 0 Å². The lowest BCUT2D eigenvalue weighted by Crippen LogP contribution is -2.24. The number of carbonyl (C=O) groups excluding carboxylic acids is 1. The average molecular weight is 339 g/mol. The number of carbonyl (C=O) groups is 1. The van der Waals surface area contributed by atoms with Crippen molar-refractivity contribution in [1.82, 2.24) is 25.2 Å². The highest BCUT2D eigenvalue weighted by Gasteiger charge is 2.11. The first kappa shape index (κ1) is 16.9. The molecule has 0 fully saturated rings. The molecule has 0 saturated heterocycles. The molecular weight excluding hydrogens is 318 g/mol. The summed E-state index contributed by atoms with van der Waals surface area (Å²) in [4.78, 5) is 16.3. The maximum absolute atomic E-state index is 12.0. The second-order valence-electron chi connectivity index (χ2n) is 5.93. The van der Waals surface area contributed by atoms with Crippen LogP contribution in [0.25, 0.3) is 11.5 Å². The fraction of sp³-hybridized carbons (Fsp3) is 0.333. The molecule has 0 aliphatic heterocycles. The largest absolute Gasteiger partial charge is 0.349 e. The quantitative estimate of drug-likeness (QED) is 0.746. The van der Waals surface area contributed by atoms with Gasteiger partial charge >= 0.3 is 0 Å². The Morgan fingerprint density at radius 1 is 1.20 bits per heavy atom. The number of hydrogen-bond donors (Lipinski definition) is 1. The SMILES string of the molecule is Cc1nn(CCC(=O)NCc2noc(-c3ccccc3)n2)c(C)c1C. The maximum Gasteiger partial charge on any atom is 0.257 e. The van der Waals surface area contributed by atoms with Gasteiger partial charge in [-0.05, 0) is 38.5 Å². The van der Waals surface area contributed by atoms with Crippen LogP contribution >= 0.6 is 0 Å². The molecule has 0 bridgehead atoms. The number of aromatic nitrogens is 4. The smallest absolute Gasteiger partial charge is 0.257 e. The lowest BCUT2D eigenvalue weighted by Gasteiger charge is -2.05. The van der Waals surface area contributed by atoms with E-state index >= 15 is 0 Å². The van der Waals surface area contributed by atoms with Gasteiger partial charge in [-0.1, -0.05) is 23.4 Å². The molecule has 0 spiro atoms. The zero-order valence-corrected chi connectivity index (χ0v) is 14.6. The molecule has 2 aromatic heterocycles. The maximum atomic E-state index is 12.0. The predicted molar refractivity (Wildman–Crippen MR) is 92.6 cm³/mol. The second-order valence-corrected chi connectivity index (χ2v) is 5.93. The van der Waals surface area contributed by atoms with Crippen molar-refractivity contribution in [2.24, 2.45) is 0 Å². The minimum absolute atomic E-state index is 0.0729. The van der Waals surface area contributed by atoms with Gasteiger partial charge in [-0.3, -0.25) is 9.48 Å². The highest BCUT2D eigenvalue weighted by molar-refractivity contribution is 5.75. The highest BCUT2D eigenvalue weighted by atomic mass is 16.5. The van der Waals surface area contributed by atoms with Gasteiger partial charge in [0, 0.05) is 24.2 Å². The van der Waals surface area contributed by atoms with Crippen LogP contribution in [0.5, 0.6) is 0 Å². The number of benzene rings is 1. The van der Waals surface area contributed by atoms with E-state index in [4.69, 9.17) is 4.52 Å². The number of nitrogens with one attached hydrogen (secondary N) is 1. The van der Waals surface area contributed by atoms with Gasteiger partial charge in [0.2, 0.25) is 5.91 Å². The van der Waals surface area contributed by atoms with E-state index in [0.29, 0.717) is 24.7 Å². The molecular formula is C18H21N5O2. The van der Waals surface area contributed by atoms with E-state index in [-0.39, 0.29) is 12.5 Å². The van der Waals surface area contributed by atoms with E-state index < -0.39 is 0 Å². The average Bonchev–Trinajstić information content (AvgIpc) is 3.20. The Morgan fingerprint density at radius 3 is 2.64 bits per heavy atom. The summed E-state index contributed by atoms with van der Waals surface area (Å²) in [5.41, 5.74) is 4.11. The van der Waals surface area contributed by atoms with Crippen molar-refractivity contribution in [2.45, 2.75) is 40.3 Å². The fourth-order valence-corrected chi connectivity index (χ4v) is 2.50. The minimum atomic E-state index is -0.0729. The summed E-state index contributed by atoms with van der Waals surface area (Å²) in [5, 5.41) is 11.1. The van der Waals surface area contributed by atoms with Crippen molar-refractivity contribution in [3.63, 3.8) is 0 Å². The summed E-state index contributed by atoms with van der Waals surface area (Å²) in [7, 11) is 0. The molecule has 7 nitrogen and oxygen atoms in total. The van der Waals surface area contributed by atoms with Gasteiger partial charge in [0.15, 0.2) is 5.82 Å². The van der Waals surface area contributed by atoms with E-state index in [1.54, 1.807) is 0 Å². The molecule has 0 aliphatic rings. The number of aryl methyl sites for hydroxylation is 2. The minimum Gasteiger partial charge on any atom is -0.349 e. The lowest BCUT2D eigenvalue weighted by molar-refractivity contribution is -0.121. The van der Waals surface area contributed by atoms with Crippen LogP contribution in [0, 0.1) is 20.8 Å². The normalized spacial score (nSPS) is 10.8. The fourth-order valence-electron chi connectivity index (χ4n) is 2.50. The van der Waals surface area contributed by atoms with Crippen molar-refractivity contribution in [3.8, 4) is 11.5 Å². The van der Waals surface area contributed by atoms with Crippen molar-refractivity contribution < 1.29 is 9.32 Å². The van der Waals surface area contributed by atoms with E-state index in [1.807, 2.05) is 55.8 Å². The topological polar surface area (TPSA) is 85.8 Å². The molecule has 1 N–H and O–H groups in total. The van der Waals surface area contributed by atoms with E-state index in [0.717, 1.165) is 17.0 Å². The molecule has 0 aliphatic carbocycles. The Kier molecular flexibility index (Phi) is 4.92. The summed E-state index contributed by atoms with van der Waals surface area (Å²) in [6.07, 6.45) is 0.352. The van der Waals surface area contributed by atoms with Gasteiger partial charge in [-0.25, -0.2) is 0 Å². The molecule has 1 aromatic carbocycles. The van der Waals surface area contributed by atoms with Gasteiger partial charge in [0.25, 0.3) is 5.89 Å². The Hall–Kier alpha value is -2.96. The summed E-state index contributed by atoms with van der Waals surface area (Å²) in [5.74, 6) is 0.827.